The Morgan fingerprint density at radius 2 is 2.30 bits per heavy atom. The van der Waals surface area contributed by atoms with Gasteiger partial charge in [-0.1, -0.05) is 12.1 Å². The SMILES string of the molecule is C[C@H](Cn1cncn1)NC(=O)NCC1(c2cccc(F)c2)CC1. The molecule has 1 aliphatic carbocycles. The molecule has 6 nitrogen and oxygen atoms in total. The van der Waals surface area contributed by atoms with E-state index in [0.717, 1.165) is 18.4 Å². The maximum absolute atomic E-state index is 13.4. The highest BCUT2D eigenvalue weighted by Crippen LogP contribution is 2.47. The van der Waals surface area contributed by atoms with Crippen LogP contribution in [0.4, 0.5) is 9.18 Å². The van der Waals surface area contributed by atoms with Crippen molar-refractivity contribution in [3.63, 3.8) is 0 Å². The quantitative estimate of drug-likeness (QED) is 0.854. The van der Waals surface area contributed by atoms with E-state index < -0.39 is 0 Å². The Hall–Kier alpha value is -2.44. The highest BCUT2D eigenvalue weighted by molar-refractivity contribution is 5.74. The third kappa shape index (κ3) is 3.85. The fraction of sp³-hybridized carbons (Fsp3) is 0.438. The molecule has 2 N–H and O–H groups in total. The number of nitrogens with one attached hydrogen (secondary N) is 2. The highest BCUT2D eigenvalue weighted by atomic mass is 19.1. The average molecular weight is 317 g/mol. The van der Waals surface area contributed by atoms with Gasteiger partial charge in [-0.25, -0.2) is 14.2 Å². The summed E-state index contributed by atoms with van der Waals surface area (Å²) in [6.45, 7) is 2.97. The third-order valence-corrected chi connectivity index (χ3v) is 4.18. The minimum atomic E-state index is -0.236. The Kier molecular flexibility index (Phi) is 4.27. The van der Waals surface area contributed by atoms with Crippen molar-refractivity contribution in [1.29, 1.82) is 0 Å². The standard InChI is InChI=1S/C16H20FN5O/c1-12(8-22-11-18-10-20-22)21-15(23)19-9-16(5-6-16)13-3-2-4-14(17)7-13/h2-4,7,10-12H,5-6,8-9H2,1H3,(H2,19,21,23)/t12-/m1/s1. The summed E-state index contributed by atoms with van der Waals surface area (Å²) >= 11 is 0. The fourth-order valence-corrected chi connectivity index (χ4v) is 2.71. The first-order valence-corrected chi connectivity index (χ1v) is 7.70. The first-order chi connectivity index (χ1) is 11.1. The van der Waals surface area contributed by atoms with Crippen LogP contribution >= 0.6 is 0 Å². The Morgan fingerprint density at radius 3 is 2.96 bits per heavy atom. The van der Waals surface area contributed by atoms with Gasteiger partial charge in [-0.05, 0) is 37.5 Å². The molecule has 2 aromatic rings. The summed E-state index contributed by atoms with van der Waals surface area (Å²) in [6.07, 6.45) is 5.00. The average Bonchev–Trinajstić information content (AvgIpc) is 3.15. The van der Waals surface area contributed by atoms with Crippen LogP contribution in [0.1, 0.15) is 25.3 Å². The predicted molar refractivity (Wildman–Crippen MR) is 83.3 cm³/mol. The lowest BCUT2D eigenvalue weighted by molar-refractivity contribution is 0.235. The number of amides is 2. The lowest BCUT2D eigenvalue weighted by Gasteiger charge is -2.19. The van der Waals surface area contributed by atoms with Gasteiger partial charge in [0.15, 0.2) is 0 Å². The van der Waals surface area contributed by atoms with E-state index in [2.05, 4.69) is 20.7 Å². The summed E-state index contributed by atoms with van der Waals surface area (Å²) in [5.41, 5.74) is 0.836. The van der Waals surface area contributed by atoms with E-state index in [4.69, 9.17) is 0 Å². The molecule has 1 saturated carbocycles. The van der Waals surface area contributed by atoms with Gasteiger partial charge in [0.05, 0.1) is 6.54 Å². The molecule has 122 valence electrons. The van der Waals surface area contributed by atoms with Crippen molar-refractivity contribution in [2.75, 3.05) is 6.54 Å². The van der Waals surface area contributed by atoms with Gasteiger partial charge >= 0.3 is 6.03 Å². The molecular weight excluding hydrogens is 297 g/mol. The normalized spacial score (nSPS) is 16.6. The van der Waals surface area contributed by atoms with E-state index in [9.17, 15) is 9.18 Å². The van der Waals surface area contributed by atoms with Crippen LogP contribution in [-0.2, 0) is 12.0 Å². The van der Waals surface area contributed by atoms with Crippen molar-refractivity contribution in [2.24, 2.45) is 0 Å². The second-order valence-electron chi connectivity index (χ2n) is 6.14. The van der Waals surface area contributed by atoms with Crippen LogP contribution in [-0.4, -0.2) is 33.4 Å². The van der Waals surface area contributed by atoms with E-state index in [1.54, 1.807) is 23.1 Å². The zero-order valence-corrected chi connectivity index (χ0v) is 13.0. The minimum Gasteiger partial charge on any atom is -0.337 e. The topological polar surface area (TPSA) is 71.8 Å². The molecule has 3 rings (SSSR count). The molecule has 1 aliphatic rings. The van der Waals surface area contributed by atoms with Gasteiger partial charge in [-0.15, -0.1) is 0 Å². The van der Waals surface area contributed by atoms with E-state index >= 15 is 0 Å². The summed E-state index contributed by atoms with van der Waals surface area (Å²) < 4.78 is 15.0. The third-order valence-electron chi connectivity index (χ3n) is 4.18. The smallest absolute Gasteiger partial charge is 0.315 e. The predicted octanol–water partition coefficient (Wildman–Crippen LogP) is 1.84. The van der Waals surface area contributed by atoms with Gasteiger partial charge in [0, 0.05) is 18.0 Å². The molecule has 1 fully saturated rings. The Balaban J connectivity index is 1.49. The Bertz CT molecular complexity index is 669. The molecule has 0 spiro atoms. The van der Waals surface area contributed by atoms with Crippen molar-refractivity contribution in [3.8, 4) is 0 Å². The van der Waals surface area contributed by atoms with Crippen molar-refractivity contribution < 1.29 is 9.18 Å². The Morgan fingerprint density at radius 1 is 1.48 bits per heavy atom. The number of hydrogen-bond donors (Lipinski definition) is 2. The molecule has 0 saturated heterocycles. The number of carbonyl (C=O) groups is 1. The van der Waals surface area contributed by atoms with Gasteiger partial charge < -0.3 is 10.6 Å². The van der Waals surface area contributed by atoms with Crippen LogP contribution in [0.2, 0.25) is 0 Å². The molecule has 2 amide bonds. The molecule has 0 bridgehead atoms. The van der Waals surface area contributed by atoms with Crippen LogP contribution in [0.5, 0.6) is 0 Å². The summed E-state index contributed by atoms with van der Waals surface area (Å²) in [6, 6.07) is 6.33. The molecule has 7 heteroatoms. The maximum atomic E-state index is 13.4. The minimum absolute atomic E-state index is 0.0685. The van der Waals surface area contributed by atoms with Gasteiger partial charge in [0.1, 0.15) is 18.5 Å². The number of nitrogens with zero attached hydrogens (tertiary/aromatic N) is 3. The number of hydrogen-bond acceptors (Lipinski definition) is 3. The second kappa shape index (κ2) is 6.36. The lowest BCUT2D eigenvalue weighted by atomic mass is 9.96. The molecular formula is C16H20FN5O. The highest BCUT2D eigenvalue weighted by Gasteiger charge is 2.44. The lowest BCUT2D eigenvalue weighted by Crippen LogP contribution is -2.45. The molecule has 1 heterocycles. The molecule has 1 atom stereocenters. The molecule has 1 aromatic carbocycles. The van der Waals surface area contributed by atoms with Crippen molar-refractivity contribution in [3.05, 3.63) is 48.3 Å². The van der Waals surface area contributed by atoms with Crippen LogP contribution in [0, 0.1) is 5.82 Å². The van der Waals surface area contributed by atoms with Crippen LogP contribution in [0.15, 0.2) is 36.9 Å². The van der Waals surface area contributed by atoms with Crippen molar-refractivity contribution in [1.82, 2.24) is 25.4 Å². The number of halogens is 1. The molecule has 0 unspecified atom stereocenters. The van der Waals surface area contributed by atoms with Crippen LogP contribution < -0.4 is 10.6 Å². The molecule has 1 aromatic heterocycles. The maximum Gasteiger partial charge on any atom is 0.315 e. The van der Waals surface area contributed by atoms with Crippen LogP contribution in [0.3, 0.4) is 0 Å². The molecule has 0 radical (unpaired) electrons. The van der Waals surface area contributed by atoms with Gasteiger partial charge in [-0.3, -0.25) is 4.68 Å². The van der Waals surface area contributed by atoms with Crippen LogP contribution in [0.25, 0.3) is 0 Å². The fourth-order valence-electron chi connectivity index (χ4n) is 2.71. The van der Waals surface area contributed by atoms with E-state index in [0.29, 0.717) is 13.1 Å². The summed E-state index contributed by atoms with van der Waals surface area (Å²) in [5, 5.41) is 9.77. The van der Waals surface area contributed by atoms with Gasteiger partial charge in [0.2, 0.25) is 0 Å². The van der Waals surface area contributed by atoms with Gasteiger partial charge in [-0.2, -0.15) is 5.10 Å². The largest absolute Gasteiger partial charge is 0.337 e. The number of urea groups is 1. The second-order valence-corrected chi connectivity index (χ2v) is 6.14. The summed E-state index contributed by atoms with van der Waals surface area (Å²) in [4.78, 5) is 15.9. The first-order valence-electron chi connectivity index (χ1n) is 7.70. The van der Waals surface area contributed by atoms with Crippen molar-refractivity contribution >= 4 is 6.03 Å². The monoisotopic (exact) mass is 317 g/mol. The first kappa shape index (κ1) is 15.5. The van der Waals surface area contributed by atoms with E-state index in [-0.39, 0.29) is 23.3 Å². The number of aromatic nitrogens is 3. The Labute approximate surface area is 134 Å². The zero-order valence-electron chi connectivity index (χ0n) is 13.0. The summed E-state index contributed by atoms with van der Waals surface area (Å²) in [7, 11) is 0. The van der Waals surface area contributed by atoms with E-state index in [1.165, 1.54) is 12.4 Å². The number of benzene rings is 1. The zero-order chi connectivity index (χ0) is 16.3. The molecule has 0 aliphatic heterocycles. The van der Waals surface area contributed by atoms with Gasteiger partial charge in [0.25, 0.3) is 0 Å². The number of rotatable bonds is 6. The van der Waals surface area contributed by atoms with E-state index in [1.807, 2.05) is 13.0 Å². The summed E-state index contributed by atoms with van der Waals surface area (Å²) in [5.74, 6) is -0.236. The molecule has 23 heavy (non-hydrogen) atoms. The number of carbonyl (C=O) groups excluding carboxylic acids is 1. The van der Waals surface area contributed by atoms with Crippen molar-refractivity contribution in [2.45, 2.75) is 37.8 Å².